The van der Waals surface area contributed by atoms with Crippen LogP contribution in [0.15, 0.2) is 24.3 Å². The predicted octanol–water partition coefficient (Wildman–Crippen LogP) is 2.95. The fourth-order valence-corrected chi connectivity index (χ4v) is 3.22. The fraction of sp³-hybridized carbons (Fsp3) is 0.333. The number of nitrogens with one attached hydrogen (secondary N) is 1. The fourth-order valence-electron chi connectivity index (χ4n) is 2.89. The third-order valence-electron chi connectivity index (χ3n) is 3.95. The zero-order valence-electron chi connectivity index (χ0n) is 11.3. The number of aryl methyl sites for hydroxylation is 1. The Morgan fingerprint density at radius 1 is 1.29 bits per heavy atom. The van der Waals surface area contributed by atoms with Crippen molar-refractivity contribution in [1.82, 2.24) is 9.78 Å². The summed E-state index contributed by atoms with van der Waals surface area (Å²) in [7, 11) is 0. The van der Waals surface area contributed by atoms with E-state index < -0.39 is 6.23 Å². The summed E-state index contributed by atoms with van der Waals surface area (Å²) in [5.41, 5.74) is 2.71. The van der Waals surface area contributed by atoms with Gasteiger partial charge in [-0.15, -0.1) is 0 Å². The van der Waals surface area contributed by atoms with Gasteiger partial charge in [-0.1, -0.05) is 23.7 Å². The minimum atomic E-state index is -0.849. The highest BCUT2D eigenvalue weighted by Gasteiger charge is 2.33. The molecule has 0 fully saturated rings. The number of rotatable bonds is 1. The molecule has 1 aromatic carbocycles. The lowest BCUT2D eigenvalue weighted by molar-refractivity contribution is -0.128. The van der Waals surface area contributed by atoms with E-state index in [1.807, 2.05) is 18.2 Å². The SMILES string of the molecule is O=C1Nc2ccccc2OC1n1nc2c(c1Cl)CCCC2. The highest BCUT2D eigenvalue weighted by atomic mass is 35.5. The lowest BCUT2D eigenvalue weighted by Crippen LogP contribution is -2.35. The van der Waals surface area contributed by atoms with Crippen molar-refractivity contribution in [2.24, 2.45) is 0 Å². The van der Waals surface area contributed by atoms with Gasteiger partial charge in [-0.05, 0) is 37.8 Å². The van der Waals surface area contributed by atoms with Crippen LogP contribution in [-0.2, 0) is 17.6 Å². The maximum atomic E-state index is 12.3. The Morgan fingerprint density at radius 3 is 2.95 bits per heavy atom. The molecule has 21 heavy (non-hydrogen) atoms. The van der Waals surface area contributed by atoms with E-state index in [4.69, 9.17) is 16.3 Å². The van der Waals surface area contributed by atoms with Gasteiger partial charge in [-0.25, -0.2) is 4.68 Å². The van der Waals surface area contributed by atoms with Crippen LogP contribution in [0.4, 0.5) is 5.69 Å². The third-order valence-corrected chi connectivity index (χ3v) is 4.35. The van der Waals surface area contributed by atoms with E-state index in [0.29, 0.717) is 16.6 Å². The molecule has 0 radical (unpaired) electrons. The Bertz CT molecular complexity index is 726. The third kappa shape index (κ3) is 2.00. The van der Waals surface area contributed by atoms with Gasteiger partial charge in [0.05, 0.1) is 11.4 Å². The van der Waals surface area contributed by atoms with Crippen molar-refractivity contribution in [2.75, 3.05) is 5.32 Å². The van der Waals surface area contributed by atoms with E-state index in [9.17, 15) is 4.79 Å². The number of anilines is 1. The second kappa shape index (κ2) is 4.77. The zero-order valence-corrected chi connectivity index (χ0v) is 12.1. The first kappa shape index (κ1) is 12.7. The summed E-state index contributed by atoms with van der Waals surface area (Å²) >= 11 is 6.41. The number of carbonyl (C=O) groups excluding carboxylic acids is 1. The Balaban J connectivity index is 1.74. The molecule has 1 aliphatic carbocycles. The molecule has 1 aromatic heterocycles. The molecule has 2 heterocycles. The molecule has 1 atom stereocenters. The normalized spacial score (nSPS) is 20.2. The summed E-state index contributed by atoms with van der Waals surface area (Å²) in [5, 5.41) is 7.85. The molecule has 0 saturated carbocycles. The largest absolute Gasteiger partial charge is 0.457 e. The summed E-state index contributed by atoms with van der Waals surface area (Å²) in [6, 6.07) is 7.34. The highest BCUT2D eigenvalue weighted by molar-refractivity contribution is 6.30. The number of halogens is 1. The Kier molecular flexibility index (Phi) is 2.89. The van der Waals surface area contributed by atoms with Crippen LogP contribution in [0.2, 0.25) is 5.15 Å². The number of aromatic nitrogens is 2. The van der Waals surface area contributed by atoms with E-state index in [-0.39, 0.29) is 5.91 Å². The second-order valence-corrected chi connectivity index (χ2v) is 5.68. The van der Waals surface area contributed by atoms with E-state index >= 15 is 0 Å². The molecule has 0 bridgehead atoms. The first-order valence-corrected chi connectivity index (χ1v) is 7.44. The molecule has 1 N–H and O–H groups in total. The number of ether oxygens (including phenoxy) is 1. The zero-order chi connectivity index (χ0) is 14.4. The number of carbonyl (C=O) groups is 1. The molecule has 5 nitrogen and oxygen atoms in total. The van der Waals surface area contributed by atoms with Crippen LogP contribution < -0.4 is 10.1 Å². The van der Waals surface area contributed by atoms with Gasteiger partial charge in [0.25, 0.3) is 12.1 Å². The number of benzene rings is 1. The maximum absolute atomic E-state index is 12.3. The Hall–Kier alpha value is -2.01. The molecule has 0 saturated heterocycles. The van der Waals surface area contributed by atoms with Crippen molar-refractivity contribution in [1.29, 1.82) is 0 Å². The minimum absolute atomic E-state index is 0.254. The molecule has 1 amide bonds. The smallest absolute Gasteiger partial charge is 0.289 e. The van der Waals surface area contributed by atoms with Gasteiger partial charge >= 0.3 is 0 Å². The lowest BCUT2D eigenvalue weighted by Gasteiger charge is -2.26. The van der Waals surface area contributed by atoms with E-state index in [1.54, 1.807) is 6.07 Å². The van der Waals surface area contributed by atoms with Crippen LogP contribution in [0.3, 0.4) is 0 Å². The number of amides is 1. The van der Waals surface area contributed by atoms with Crippen molar-refractivity contribution >= 4 is 23.2 Å². The number of hydrogen-bond donors (Lipinski definition) is 1. The average molecular weight is 304 g/mol. The average Bonchev–Trinajstić information content (AvgIpc) is 2.84. The number of nitrogens with zero attached hydrogens (tertiary/aromatic N) is 2. The van der Waals surface area contributed by atoms with Gasteiger partial charge in [-0.2, -0.15) is 5.10 Å². The molecule has 0 spiro atoms. The van der Waals surface area contributed by atoms with Crippen LogP contribution in [0.25, 0.3) is 0 Å². The van der Waals surface area contributed by atoms with Gasteiger partial charge in [0.2, 0.25) is 0 Å². The predicted molar refractivity (Wildman–Crippen MR) is 78.6 cm³/mol. The summed E-state index contributed by atoms with van der Waals surface area (Å²) in [6.07, 6.45) is 3.20. The summed E-state index contributed by atoms with van der Waals surface area (Å²) in [6.45, 7) is 0. The number of para-hydroxylation sites is 2. The van der Waals surface area contributed by atoms with Crippen LogP contribution in [0.5, 0.6) is 5.75 Å². The first-order chi connectivity index (χ1) is 10.2. The standard InChI is InChI=1S/C15H14ClN3O2/c16-13-9-5-1-2-6-10(9)18-19(13)15-14(20)17-11-7-3-4-8-12(11)21-15/h3-4,7-8,15H,1-2,5-6H2,(H,17,20). The van der Waals surface area contributed by atoms with Gasteiger partial charge in [0.15, 0.2) is 0 Å². The maximum Gasteiger partial charge on any atom is 0.289 e. The Labute approximate surface area is 126 Å². The van der Waals surface area contributed by atoms with Crippen molar-refractivity contribution in [3.8, 4) is 5.75 Å². The van der Waals surface area contributed by atoms with Gasteiger partial charge < -0.3 is 10.1 Å². The van der Waals surface area contributed by atoms with E-state index in [2.05, 4.69) is 10.4 Å². The summed E-state index contributed by atoms with van der Waals surface area (Å²) < 4.78 is 7.30. The van der Waals surface area contributed by atoms with Crippen molar-refractivity contribution < 1.29 is 9.53 Å². The summed E-state index contributed by atoms with van der Waals surface area (Å²) in [4.78, 5) is 12.3. The van der Waals surface area contributed by atoms with Crippen LogP contribution in [0.1, 0.15) is 30.3 Å². The minimum Gasteiger partial charge on any atom is -0.457 e. The molecular weight excluding hydrogens is 290 g/mol. The number of fused-ring (bicyclic) bond motifs is 2. The summed E-state index contributed by atoms with van der Waals surface area (Å²) in [5.74, 6) is 0.377. The van der Waals surface area contributed by atoms with E-state index in [1.165, 1.54) is 4.68 Å². The first-order valence-electron chi connectivity index (χ1n) is 7.06. The highest BCUT2D eigenvalue weighted by Crippen LogP contribution is 2.35. The molecular formula is C15H14ClN3O2. The molecule has 4 rings (SSSR count). The van der Waals surface area contributed by atoms with Gasteiger partial charge in [0.1, 0.15) is 10.9 Å². The van der Waals surface area contributed by atoms with Crippen LogP contribution in [0, 0.1) is 0 Å². The molecule has 108 valence electrons. The molecule has 1 aliphatic heterocycles. The van der Waals surface area contributed by atoms with Crippen molar-refractivity contribution in [3.63, 3.8) is 0 Å². The van der Waals surface area contributed by atoms with Gasteiger partial charge in [0, 0.05) is 5.56 Å². The Morgan fingerprint density at radius 2 is 2.10 bits per heavy atom. The lowest BCUT2D eigenvalue weighted by atomic mass is 9.99. The van der Waals surface area contributed by atoms with Crippen LogP contribution >= 0.6 is 11.6 Å². The topological polar surface area (TPSA) is 56.1 Å². The second-order valence-electron chi connectivity index (χ2n) is 5.32. The molecule has 2 aliphatic rings. The number of hydrogen-bond acceptors (Lipinski definition) is 3. The molecule has 2 aromatic rings. The van der Waals surface area contributed by atoms with Crippen LogP contribution in [-0.4, -0.2) is 15.7 Å². The van der Waals surface area contributed by atoms with Crippen molar-refractivity contribution in [3.05, 3.63) is 40.7 Å². The van der Waals surface area contributed by atoms with Gasteiger partial charge in [-0.3, -0.25) is 4.79 Å². The van der Waals surface area contributed by atoms with Crippen molar-refractivity contribution in [2.45, 2.75) is 31.9 Å². The van der Waals surface area contributed by atoms with E-state index in [0.717, 1.165) is 36.9 Å². The monoisotopic (exact) mass is 303 g/mol. The molecule has 1 unspecified atom stereocenters. The quantitative estimate of drug-likeness (QED) is 0.881. The molecule has 6 heteroatoms.